The van der Waals surface area contributed by atoms with Gasteiger partial charge in [-0.05, 0) is 37.1 Å². The highest BCUT2D eigenvalue weighted by atomic mass is 32.1. The maximum atomic E-state index is 12.3. The molecule has 0 aromatic carbocycles. The summed E-state index contributed by atoms with van der Waals surface area (Å²) in [6.07, 6.45) is 3.28. The van der Waals surface area contributed by atoms with Crippen LogP contribution in [-0.2, 0) is 11.2 Å². The predicted octanol–water partition coefficient (Wildman–Crippen LogP) is 2.58. The molecule has 1 aliphatic heterocycles. The lowest BCUT2D eigenvalue weighted by Crippen LogP contribution is -2.47. The van der Waals surface area contributed by atoms with E-state index in [-0.39, 0.29) is 18.0 Å². The van der Waals surface area contributed by atoms with E-state index < -0.39 is 0 Å². The number of hydrogen-bond acceptors (Lipinski definition) is 3. The molecule has 1 aliphatic rings. The predicted molar refractivity (Wildman–Crippen MR) is 93.6 cm³/mol. The Morgan fingerprint density at radius 1 is 1.39 bits per heavy atom. The molecule has 1 saturated heterocycles. The summed E-state index contributed by atoms with van der Waals surface area (Å²) in [5, 5.41) is 5.14. The molecule has 0 bridgehead atoms. The number of amides is 3. The van der Waals surface area contributed by atoms with Crippen molar-refractivity contribution >= 4 is 23.3 Å². The largest absolute Gasteiger partial charge is 0.349 e. The van der Waals surface area contributed by atoms with E-state index in [0.717, 1.165) is 32.4 Å². The smallest absolute Gasteiger partial charge is 0.317 e. The molecule has 1 aromatic heterocycles. The van der Waals surface area contributed by atoms with Crippen molar-refractivity contribution < 1.29 is 9.59 Å². The molecular formula is C17H27N3O2S. The standard InChI is InChI=1S/C17H27N3O2S/c1-13(11-15-5-4-10-23-15)18-17(22)20-8-6-14(7-9-20)12-16(21)19(2)3/h4-5,10,13-14H,6-9,11-12H2,1-3H3,(H,18,22)/t13-/m1/s1. The van der Waals surface area contributed by atoms with Gasteiger partial charge in [0.05, 0.1) is 0 Å². The number of piperidine rings is 1. The number of carbonyl (C=O) groups is 2. The van der Waals surface area contributed by atoms with E-state index >= 15 is 0 Å². The first-order valence-corrected chi connectivity index (χ1v) is 9.11. The lowest BCUT2D eigenvalue weighted by Gasteiger charge is -2.33. The van der Waals surface area contributed by atoms with E-state index in [2.05, 4.69) is 16.8 Å². The molecule has 128 valence electrons. The molecule has 0 radical (unpaired) electrons. The fourth-order valence-corrected chi connectivity index (χ4v) is 3.69. The number of rotatable bonds is 5. The van der Waals surface area contributed by atoms with Crippen molar-refractivity contribution in [2.24, 2.45) is 5.92 Å². The minimum atomic E-state index is 0.0199. The number of likely N-dealkylation sites (tertiary alicyclic amines) is 1. The van der Waals surface area contributed by atoms with Gasteiger partial charge in [-0.15, -0.1) is 11.3 Å². The summed E-state index contributed by atoms with van der Waals surface area (Å²) in [6, 6.07) is 4.29. The van der Waals surface area contributed by atoms with Crippen molar-refractivity contribution in [1.29, 1.82) is 0 Å². The van der Waals surface area contributed by atoms with Gasteiger partial charge in [0.15, 0.2) is 0 Å². The third kappa shape index (κ3) is 5.53. The fourth-order valence-electron chi connectivity index (χ4n) is 2.85. The minimum Gasteiger partial charge on any atom is -0.349 e. The Balaban J connectivity index is 1.72. The van der Waals surface area contributed by atoms with E-state index in [1.807, 2.05) is 17.9 Å². The van der Waals surface area contributed by atoms with Crippen LogP contribution in [0.5, 0.6) is 0 Å². The maximum absolute atomic E-state index is 12.3. The van der Waals surface area contributed by atoms with Crippen LogP contribution in [0.4, 0.5) is 4.79 Å². The second-order valence-corrected chi connectivity index (χ2v) is 7.59. The summed E-state index contributed by atoms with van der Waals surface area (Å²) in [7, 11) is 3.58. The zero-order valence-electron chi connectivity index (χ0n) is 14.2. The van der Waals surface area contributed by atoms with E-state index in [1.165, 1.54) is 4.88 Å². The van der Waals surface area contributed by atoms with Gasteiger partial charge in [0, 0.05) is 50.9 Å². The molecule has 1 N–H and O–H groups in total. The molecule has 2 heterocycles. The van der Waals surface area contributed by atoms with Gasteiger partial charge in [-0.2, -0.15) is 0 Å². The first-order chi connectivity index (χ1) is 11.0. The molecule has 1 atom stereocenters. The summed E-state index contributed by atoms with van der Waals surface area (Å²) in [4.78, 5) is 28.9. The van der Waals surface area contributed by atoms with Crippen molar-refractivity contribution in [3.05, 3.63) is 22.4 Å². The molecule has 0 saturated carbocycles. The Morgan fingerprint density at radius 3 is 2.65 bits per heavy atom. The van der Waals surface area contributed by atoms with Gasteiger partial charge in [0.1, 0.15) is 0 Å². The Kier molecular flexibility index (Phi) is 6.45. The summed E-state index contributed by atoms with van der Waals surface area (Å²) in [6.45, 7) is 3.52. The first kappa shape index (κ1) is 17.8. The molecule has 3 amide bonds. The highest BCUT2D eigenvalue weighted by molar-refractivity contribution is 7.09. The maximum Gasteiger partial charge on any atom is 0.317 e. The van der Waals surface area contributed by atoms with Crippen molar-refractivity contribution in [2.45, 2.75) is 38.6 Å². The second kappa shape index (κ2) is 8.34. The average Bonchev–Trinajstić information content (AvgIpc) is 3.00. The molecular weight excluding hydrogens is 310 g/mol. The van der Waals surface area contributed by atoms with Gasteiger partial charge < -0.3 is 15.1 Å². The number of nitrogens with one attached hydrogen (secondary N) is 1. The van der Waals surface area contributed by atoms with Crippen LogP contribution in [0.2, 0.25) is 0 Å². The first-order valence-electron chi connectivity index (χ1n) is 8.23. The quantitative estimate of drug-likeness (QED) is 0.898. The molecule has 23 heavy (non-hydrogen) atoms. The molecule has 2 rings (SSSR count). The molecule has 0 unspecified atom stereocenters. The van der Waals surface area contributed by atoms with Gasteiger partial charge in [0.25, 0.3) is 0 Å². The zero-order valence-corrected chi connectivity index (χ0v) is 15.1. The van der Waals surface area contributed by atoms with Crippen molar-refractivity contribution in [1.82, 2.24) is 15.1 Å². The number of nitrogens with zero attached hydrogens (tertiary/aromatic N) is 2. The number of hydrogen-bond donors (Lipinski definition) is 1. The highest BCUT2D eigenvalue weighted by Crippen LogP contribution is 2.21. The number of thiophene rings is 1. The van der Waals surface area contributed by atoms with Crippen LogP contribution in [0.15, 0.2) is 17.5 Å². The summed E-state index contributed by atoms with van der Waals surface area (Å²) >= 11 is 1.72. The third-order valence-corrected chi connectivity index (χ3v) is 5.22. The van der Waals surface area contributed by atoms with E-state index in [1.54, 1.807) is 30.3 Å². The third-order valence-electron chi connectivity index (χ3n) is 4.32. The molecule has 6 heteroatoms. The number of carbonyl (C=O) groups excluding carboxylic acids is 2. The second-order valence-electron chi connectivity index (χ2n) is 6.56. The summed E-state index contributed by atoms with van der Waals surface area (Å²) in [5.41, 5.74) is 0. The molecule has 5 nitrogen and oxygen atoms in total. The van der Waals surface area contributed by atoms with E-state index in [0.29, 0.717) is 12.3 Å². The Labute approximate surface area is 142 Å². The SMILES string of the molecule is C[C@H](Cc1cccs1)NC(=O)N1CCC(CC(=O)N(C)C)CC1. The minimum absolute atomic E-state index is 0.0199. The van der Waals surface area contributed by atoms with Crippen molar-refractivity contribution in [3.63, 3.8) is 0 Å². The van der Waals surface area contributed by atoms with Gasteiger partial charge in [-0.1, -0.05) is 6.07 Å². The lowest BCUT2D eigenvalue weighted by molar-refractivity contribution is -0.129. The Hall–Kier alpha value is -1.56. The van der Waals surface area contributed by atoms with Crippen LogP contribution in [0.1, 0.15) is 31.1 Å². The molecule has 0 aliphatic carbocycles. The molecule has 0 spiro atoms. The lowest BCUT2D eigenvalue weighted by atomic mass is 9.93. The Bertz CT molecular complexity index is 508. The summed E-state index contributed by atoms with van der Waals surface area (Å²) in [5.74, 6) is 0.579. The average molecular weight is 337 g/mol. The van der Waals surface area contributed by atoms with Gasteiger partial charge in [0.2, 0.25) is 5.91 Å². The van der Waals surface area contributed by atoms with Crippen LogP contribution in [0, 0.1) is 5.92 Å². The van der Waals surface area contributed by atoms with Crippen molar-refractivity contribution in [3.8, 4) is 0 Å². The monoisotopic (exact) mass is 337 g/mol. The topological polar surface area (TPSA) is 52.7 Å². The zero-order chi connectivity index (χ0) is 16.8. The van der Waals surface area contributed by atoms with Gasteiger partial charge in [-0.3, -0.25) is 4.79 Å². The van der Waals surface area contributed by atoms with E-state index in [4.69, 9.17) is 0 Å². The fraction of sp³-hybridized carbons (Fsp3) is 0.647. The van der Waals surface area contributed by atoms with Crippen molar-refractivity contribution in [2.75, 3.05) is 27.2 Å². The number of urea groups is 1. The van der Waals surface area contributed by atoms with Crippen LogP contribution in [0.25, 0.3) is 0 Å². The van der Waals surface area contributed by atoms with Gasteiger partial charge in [-0.25, -0.2) is 4.79 Å². The molecule has 1 aromatic rings. The van der Waals surface area contributed by atoms with E-state index in [9.17, 15) is 9.59 Å². The normalized spacial score (nSPS) is 16.9. The summed E-state index contributed by atoms with van der Waals surface area (Å²) < 4.78 is 0. The highest BCUT2D eigenvalue weighted by Gasteiger charge is 2.25. The van der Waals surface area contributed by atoms with Gasteiger partial charge >= 0.3 is 6.03 Å². The van der Waals surface area contributed by atoms with Crippen LogP contribution in [-0.4, -0.2) is 55.0 Å². The van der Waals surface area contributed by atoms with Crippen LogP contribution < -0.4 is 5.32 Å². The van der Waals surface area contributed by atoms with Crippen LogP contribution >= 0.6 is 11.3 Å². The molecule has 1 fully saturated rings. The Morgan fingerprint density at radius 2 is 2.09 bits per heavy atom. The van der Waals surface area contributed by atoms with Crippen LogP contribution in [0.3, 0.4) is 0 Å².